The molecule has 0 aliphatic rings. The van der Waals surface area contributed by atoms with Crippen LogP contribution in [-0.2, 0) is 0 Å². The van der Waals surface area contributed by atoms with Crippen LogP contribution in [0.15, 0.2) is 88.4 Å². The SMILES string of the molecule is Oc1ccc(Br)cc1C=NNc1nc(Nc2ccccc2)nc(Nc2ccccc2)n1. The molecule has 0 fully saturated rings. The van der Waals surface area contributed by atoms with Gasteiger partial charge >= 0.3 is 0 Å². The molecule has 0 saturated heterocycles. The number of phenols is 1. The Labute approximate surface area is 187 Å². The molecule has 0 bridgehead atoms. The fourth-order valence-electron chi connectivity index (χ4n) is 2.63. The molecule has 0 aliphatic heterocycles. The maximum atomic E-state index is 9.95. The van der Waals surface area contributed by atoms with E-state index in [1.807, 2.05) is 60.7 Å². The molecule has 0 aliphatic carbocycles. The zero-order valence-electron chi connectivity index (χ0n) is 16.2. The van der Waals surface area contributed by atoms with Crippen LogP contribution in [0.2, 0.25) is 0 Å². The highest BCUT2D eigenvalue weighted by Crippen LogP contribution is 2.21. The van der Waals surface area contributed by atoms with Gasteiger partial charge in [-0.25, -0.2) is 5.43 Å². The van der Waals surface area contributed by atoms with Gasteiger partial charge in [-0.15, -0.1) is 0 Å². The summed E-state index contributed by atoms with van der Waals surface area (Å²) >= 11 is 3.37. The van der Waals surface area contributed by atoms with Crippen LogP contribution in [-0.4, -0.2) is 26.3 Å². The Morgan fingerprint density at radius 3 is 1.87 bits per heavy atom. The third kappa shape index (κ3) is 5.77. The largest absolute Gasteiger partial charge is 0.507 e. The Hall–Kier alpha value is -3.98. The fraction of sp³-hybridized carbons (Fsp3) is 0. The lowest BCUT2D eigenvalue weighted by Gasteiger charge is -2.10. The number of anilines is 5. The van der Waals surface area contributed by atoms with Crippen LogP contribution in [0.4, 0.5) is 29.2 Å². The van der Waals surface area contributed by atoms with Gasteiger partial charge in [0, 0.05) is 21.4 Å². The minimum atomic E-state index is 0.113. The fourth-order valence-corrected chi connectivity index (χ4v) is 3.01. The Balaban J connectivity index is 1.59. The Morgan fingerprint density at radius 2 is 1.29 bits per heavy atom. The van der Waals surface area contributed by atoms with Crippen molar-refractivity contribution in [3.05, 3.63) is 88.9 Å². The third-order valence-corrected chi connectivity index (χ3v) is 4.55. The molecule has 8 nitrogen and oxygen atoms in total. The van der Waals surface area contributed by atoms with Crippen LogP contribution in [0.3, 0.4) is 0 Å². The summed E-state index contributed by atoms with van der Waals surface area (Å²) in [7, 11) is 0. The number of phenolic OH excluding ortho intramolecular Hbond substituents is 1. The number of rotatable bonds is 7. The highest BCUT2D eigenvalue weighted by atomic mass is 79.9. The molecule has 0 spiro atoms. The van der Waals surface area contributed by atoms with Gasteiger partial charge in [0.25, 0.3) is 0 Å². The second-order valence-corrected chi connectivity index (χ2v) is 7.28. The molecule has 154 valence electrons. The van der Waals surface area contributed by atoms with E-state index in [1.165, 1.54) is 6.21 Å². The van der Waals surface area contributed by atoms with Crippen molar-refractivity contribution in [1.82, 2.24) is 15.0 Å². The minimum Gasteiger partial charge on any atom is -0.507 e. The van der Waals surface area contributed by atoms with E-state index in [-0.39, 0.29) is 11.7 Å². The van der Waals surface area contributed by atoms with Crippen molar-refractivity contribution in [3.8, 4) is 5.75 Å². The molecule has 4 N–H and O–H groups in total. The monoisotopic (exact) mass is 475 g/mol. The minimum absolute atomic E-state index is 0.113. The zero-order valence-corrected chi connectivity index (χ0v) is 17.8. The normalized spacial score (nSPS) is 10.7. The molecular formula is C22H18BrN7O. The first kappa shape index (κ1) is 20.3. The van der Waals surface area contributed by atoms with Crippen LogP contribution in [0.1, 0.15) is 5.56 Å². The van der Waals surface area contributed by atoms with Crippen molar-refractivity contribution in [2.75, 3.05) is 16.1 Å². The van der Waals surface area contributed by atoms with Crippen molar-refractivity contribution in [2.24, 2.45) is 5.10 Å². The molecule has 31 heavy (non-hydrogen) atoms. The van der Waals surface area contributed by atoms with E-state index in [1.54, 1.807) is 18.2 Å². The summed E-state index contributed by atoms with van der Waals surface area (Å²) in [5, 5.41) is 20.4. The van der Waals surface area contributed by atoms with E-state index in [0.717, 1.165) is 15.8 Å². The summed E-state index contributed by atoms with van der Waals surface area (Å²) in [6, 6.07) is 24.3. The second-order valence-electron chi connectivity index (χ2n) is 6.36. The first-order valence-corrected chi connectivity index (χ1v) is 10.1. The van der Waals surface area contributed by atoms with Gasteiger partial charge in [0.1, 0.15) is 5.75 Å². The topological polar surface area (TPSA) is 107 Å². The number of nitrogens with zero attached hydrogens (tertiary/aromatic N) is 4. The second kappa shape index (κ2) is 9.68. The van der Waals surface area contributed by atoms with Crippen molar-refractivity contribution < 1.29 is 5.11 Å². The van der Waals surface area contributed by atoms with Gasteiger partial charge in [0.05, 0.1) is 6.21 Å². The van der Waals surface area contributed by atoms with Crippen LogP contribution in [0.5, 0.6) is 5.75 Å². The van der Waals surface area contributed by atoms with Gasteiger partial charge in [-0.3, -0.25) is 0 Å². The van der Waals surface area contributed by atoms with Crippen LogP contribution >= 0.6 is 15.9 Å². The summed E-state index contributed by atoms with van der Waals surface area (Å²) in [5.41, 5.74) is 5.02. The number of hydrogen-bond acceptors (Lipinski definition) is 8. The summed E-state index contributed by atoms with van der Waals surface area (Å²) in [5.74, 6) is 1.05. The standard InChI is InChI=1S/C22H18BrN7O/c23-16-11-12-19(31)15(13-16)14-24-30-22-28-20(25-17-7-3-1-4-8-17)27-21(29-22)26-18-9-5-2-6-10-18/h1-14,31H,(H3,25,26,27,28,29,30). The Morgan fingerprint density at radius 1 is 0.742 bits per heavy atom. The average molecular weight is 476 g/mol. The molecule has 9 heteroatoms. The van der Waals surface area contributed by atoms with Gasteiger partial charge in [-0.05, 0) is 42.5 Å². The van der Waals surface area contributed by atoms with Crippen molar-refractivity contribution >= 4 is 51.4 Å². The van der Waals surface area contributed by atoms with Crippen molar-refractivity contribution in [3.63, 3.8) is 0 Å². The number of benzene rings is 3. The molecule has 0 atom stereocenters. The first-order chi connectivity index (χ1) is 15.2. The highest BCUT2D eigenvalue weighted by Gasteiger charge is 2.07. The van der Waals surface area contributed by atoms with E-state index in [0.29, 0.717) is 17.5 Å². The third-order valence-electron chi connectivity index (χ3n) is 4.05. The predicted molar refractivity (Wildman–Crippen MR) is 126 cm³/mol. The average Bonchev–Trinajstić information content (AvgIpc) is 2.77. The maximum absolute atomic E-state index is 9.95. The van der Waals surface area contributed by atoms with Crippen LogP contribution in [0.25, 0.3) is 0 Å². The summed E-state index contributed by atoms with van der Waals surface area (Å²) < 4.78 is 0.829. The van der Waals surface area contributed by atoms with E-state index in [4.69, 9.17) is 0 Å². The van der Waals surface area contributed by atoms with Crippen molar-refractivity contribution in [2.45, 2.75) is 0 Å². The summed E-state index contributed by atoms with van der Waals surface area (Å²) in [4.78, 5) is 13.2. The molecular weight excluding hydrogens is 458 g/mol. The molecule has 0 amide bonds. The van der Waals surface area contributed by atoms with Crippen LogP contribution < -0.4 is 16.1 Å². The highest BCUT2D eigenvalue weighted by molar-refractivity contribution is 9.10. The van der Waals surface area contributed by atoms with E-state index in [2.05, 4.69) is 52.0 Å². The number of aromatic hydroxyl groups is 1. The lowest BCUT2D eigenvalue weighted by atomic mass is 10.2. The molecule has 1 heterocycles. The molecule has 3 aromatic carbocycles. The lowest BCUT2D eigenvalue weighted by Crippen LogP contribution is -2.07. The number of halogens is 1. The molecule has 1 aromatic heterocycles. The number of nitrogens with one attached hydrogen (secondary N) is 3. The van der Waals surface area contributed by atoms with Gasteiger partial charge < -0.3 is 15.7 Å². The molecule has 0 radical (unpaired) electrons. The van der Waals surface area contributed by atoms with Crippen LogP contribution in [0, 0.1) is 0 Å². The first-order valence-electron chi connectivity index (χ1n) is 9.33. The van der Waals surface area contributed by atoms with Gasteiger partial charge in [-0.1, -0.05) is 52.3 Å². The van der Waals surface area contributed by atoms with E-state index < -0.39 is 0 Å². The Kier molecular flexibility index (Phi) is 6.34. The maximum Gasteiger partial charge on any atom is 0.250 e. The van der Waals surface area contributed by atoms with Crippen molar-refractivity contribution in [1.29, 1.82) is 0 Å². The number of para-hydroxylation sites is 2. The van der Waals surface area contributed by atoms with Gasteiger partial charge in [0.2, 0.25) is 17.8 Å². The molecule has 4 rings (SSSR count). The smallest absolute Gasteiger partial charge is 0.250 e. The quantitative estimate of drug-likeness (QED) is 0.213. The molecule has 0 unspecified atom stereocenters. The van der Waals surface area contributed by atoms with Gasteiger partial charge in [-0.2, -0.15) is 20.1 Å². The number of hydrogen-bond donors (Lipinski definition) is 4. The zero-order chi connectivity index (χ0) is 21.5. The van der Waals surface area contributed by atoms with E-state index >= 15 is 0 Å². The summed E-state index contributed by atoms with van der Waals surface area (Å²) in [6.45, 7) is 0. The molecule has 0 saturated carbocycles. The van der Waals surface area contributed by atoms with Gasteiger partial charge in [0.15, 0.2) is 0 Å². The number of aromatic nitrogens is 3. The Bertz CT molecular complexity index is 1130. The summed E-state index contributed by atoms with van der Waals surface area (Å²) in [6.07, 6.45) is 1.48. The molecule has 4 aromatic rings. The predicted octanol–water partition coefficient (Wildman–Crippen LogP) is 5.27. The lowest BCUT2D eigenvalue weighted by molar-refractivity contribution is 0.474. The number of hydrazone groups is 1. The van der Waals surface area contributed by atoms with E-state index in [9.17, 15) is 5.11 Å².